The Hall–Kier alpha value is -2.73. The lowest BCUT2D eigenvalue weighted by Crippen LogP contribution is -2.42. The monoisotopic (exact) mass is 392 g/mol. The van der Waals surface area contributed by atoms with Gasteiger partial charge in [0.1, 0.15) is 11.3 Å². The molecule has 3 aromatic rings. The number of carbonyl (C=O) groups excluding carboxylic acids is 1. The summed E-state index contributed by atoms with van der Waals surface area (Å²) in [7, 11) is 0. The van der Waals surface area contributed by atoms with Crippen molar-refractivity contribution in [2.24, 2.45) is 0 Å². The number of imidazole rings is 1. The van der Waals surface area contributed by atoms with Gasteiger partial charge in [0.25, 0.3) is 0 Å². The highest BCUT2D eigenvalue weighted by Gasteiger charge is 2.30. The van der Waals surface area contributed by atoms with Gasteiger partial charge in [-0.1, -0.05) is 37.3 Å². The molecule has 1 atom stereocenters. The Morgan fingerprint density at radius 2 is 1.93 bits per heavy atom. The minimum Gasteiger partial charge on any atom is -0.395 e. The third kappa shape index (κ3) is 3.90. The van der Waals surface area contributed by atoms with Crippen LogP contribution in [0.4, 0.5) is 0 Å². The summed E-state index contributed by atoms with van der Waals surface area (Å²) in [6.45, 7) is 3.37. The van der Waals surface area contributed by atoms with Crippen LogP contribution in [0.3, 0.4) is 0 Å². The molecule has 0 aliphatic carbocycles. The first-order valence-corrected chi connectivity index (χ1v) is 10.5. The fraction of sp³-hybridized carbons (Fsp3) is 0.435. The molecule has 1 saturated heterocycles. The number of aromatic nitrogens is 3. The SMILES string of the molecule is CCCc1nc2cccnc2n1C1CCN(C(=O)C(CO)c2ccccc2)CC1. The molecule has 0 spiro atoms. The van der Waals surface area contributed by atoms with Crippen LogP contribution >= 0.6 is 0 Å². The molecule has 4 rings (SSSR count). The van der Waals surface area contributed by atoms with Gasteiger partial charge in [0, 0.05) is 31.7 Å². The topological polar surface area (TPSA) is 71.2 Å². The molecule has 1 aliphatic rings. The van der Waals surface area contributed by atoms with E-state index in [2.05, 4.69) is 16.5 Å². The molecule has 2 aromatic heterocycles. The third-order valence-electron chi connectivity index (χ3n) is 5.82. The number of pyridine rings is 1. The molecule has 29 heavy (non-hydrogen) atoms. The lowest BCUT2D eigenvalue weighted by molar-refractivity contribution is -0.135. The molecule has 1 aromatic carbocycles. The lowest BCUT2D eigenvalue weighted by atomic mass is 9.96. The number of aliphatic hydroxyl groups is 1. The van der Waals surface area contributed by atoms with Crippen LogP contribution in [0.5, 0.6) is 0 Å². The molecule has 1 fully saturated rings. The molecule has 1 aliphatic heterocycles. The number of rotatable bonds is 6. The number of aliphatic hydroxyl groups excluding tert-OH is 1. The molecule has 1 amide bonds. The quantitative estimate of drug-likeness (QED) is 0.699. The third-order valence-corrected chi connectivity index (χ3v) is 5.82. The van der Waals surface area contributed by atoms with Crippen LogP contribution in [0.25, 0.3) is 11.2 Å². The Labute approximate surface area is 171 Å². The first kappa shape index (κ1) is 19.6. The van der Waals surface area contributed by atoms with Gasteiger partial charge >= 0.3 is 0 Å². The second-order valence-corrected chi connectivity index (χ2v) is 7.70. The van der Waals surface area contributed by atoms with Crippen LogP contribution in [0.1, 0.15) is 49.5 Å². The molecule has 0 bridgehead atoms. The number of carbonyl (C=O) groups is 1. The van der Waals surface area contributed by atoms with E-state index in [0.29, 0.717) is 19.1 Å². The van der Waals surface area contributed by atoms with E-state index >= 15 is 0 Å². The molecule has 152 valence electrons. The number of benzene rings is 1. The molecule has 6 nitrogen and oxygen atoms in total. The summed E-state index contributed by atoms with van der Waals surface area (Å²) in [5.41, 5.74) is 2.76. The number of nitrogens with zero attached hydrogens (tertiary/aromatic N) is 4. The summed E-state index contributed by atoms with van der Waals surface area (Å²) in [4.78, 5) is 24.3. The van der Waals surface area contributed by atoms with Crippen molar-refractivity contribution in [2.45, 2.75) is 44.6 Å². The highest BCUT2D eigenvalue weighted by molar-refractivity contribution is 5.84. The molecule has 6 heteroatoms. The van der Waals surface area contributed by atoms with Gasteiger partial charge in [0.2, 0.25) is 5.91 Å². The van der Waals surface area contributed by atoms with Crippen molar-refractivity contribution >= 4 is 17.1 Å². The van der Waals surface area contributed by atoms with E-state index in [1.54, 1.807) is 0 Å². The molecule has 1 unspecified atom stereocenters. The second-order valence-electron chi connectivity index (χ2n) is 7.70. The van der Waals surface area contributed by atoms with E-state index in [4.69, 9.17) is 4.98 Å². The minimum absolute atomic E-state index is 0.0135. The number of amides is 1. The fourth-order valence-electron chi connectivity index (χ4n) is 4.34. The van der Waals surface area contributed by atoms with Crippen LogP contribution in [0, 0.1) is 0 Å². The van der Waals surface area contributed by atoms with Crippen molar-refractivity contribution in [3.63, 3.8) is 0 Å². The fourth-order valence-corrected chi connectivity index (χ4v) is 4.34. The van der Waals surface area contributed by atoms with E-state index in [1.807, 2.05) is 53.6 Å². The maximum absolute atomic E-state index is 13.0. The highest BCUT2D eigenvalue weighted by Crippen LogP contribution is 2.30. The summed E-state index contributed by atoms with van der Waals surface area (Å²) in [5.74, 6) is 0.613. The zero-order chi connectivity index (χ0) is 20.2. The maximum atomic E-state index is 13.0. The normalized spacial score (nSPS) is 16.3. The smallest absolute Gasteiger partial charge is 0.232 e. The zero-order valence-corrected chi connectivity index (χ0v) is 16.9. The van der Waals surface area contributed by atoms with Gasteiger partial charge in [-0.25, -0.2) is 9.97 Å². The zero-order valence-electron chi connectivity index (χ0n) is 16.9. The number of likely N-dealkylation sites (tertiary alicyclic amines) is 1. The molecular formula is C23H28N4O2. The van der Waals surface area contributed by atoms with Crippen molar-refractivity contribution in [1.29, 1.82) is 0 Å². The predicted octanol–water partition coefficient (Wildman–Crippen LogP) is 3.32. The summed E-state index contributed by atoms with van der Waals surface area (Å²) in [6, 6.07) is 13.8. The number of hydrogen-bond acceptors (Lipinski definition) is 4. The van der Waals surface area contributed by atoms with Crippen molar-refractivity contribution in [2.75, 3.05) is 19.7 Å². The Morgan fingerprint density at radius 3 is 2.62 bits per heavy atom. The Morgan fingerprint density at radius 1 is 1.17 bits per heavy atom. The van der Waals surface area contributed by atoms with Gasteiger partial charge < -0.3 is 14.6 Å². The molecule has 3 heterocycles. The van der Waals surface area contributed by atoms with E-state index in [-0.39, 0.29) is 12.5 Å². The molecule has 1 N–H and O–H groups in total. The van der Waals surface area contributed by atoms with E-state index in [1.165, 1.54) is 0 Å². The Balaban J connectivity index is 1.50. The van der Waals surface area contributed by atoms with Gasteiger partial charge in [-0.15, -0.1) is 0 Å². The standard InChI is InChI=1S/C23H28N4O2/c1-2-7-21-25-20-10-6-13-24-22(20)27(21)18-11-14-26(15-12-18)23(29)19(16-28)17-8-4-3-5-9-17/h3-6,8-10,13,18-19,28H,2,7,11-12,14-16H2,1H3. The minimum atomic E-state index is -0.487. The van der Waals surface area contributed by atoms with Gasteiger partial charge in [0.15, 0.2) is 5.65 Å². The number of hydrogen-bond donors (Lipinski definition) is 1. The number of aryl methyl sites for hydroxylation is 1. The van der Waals surface area contributed by atoms with E-state index in [9.17, 15) is 9.90 Å². The maximum Gasteiger partial charge on any atom is 0.232 e. The Kier molecular flexibility index (Phi) is 5.90. The molecule has 0 saturated carbocycles. The Bertz CT molecular complexity index is 961. The van der Waals surface area contributed by atoms with Crippen molar-refractivity contribution in [3.8, 4) is 0 Å². The number of fused-ring (bicyclic) bond motifs is 1. The van der Waals surface area contributed by atoms with Crippen LogP contribution < -0.4 is 0 Å². The van der Waals surface area contributed by atoms with Crippen LogP contribution in [0.2, 0.25) is 0 Å². The second kappa shape index (κ2) is 8.74. The average molecular weight is 393 g/mol. The van der Waals surface area contributed by atoms with Gasteiger partial charge in [-0.2, -0.15) is 0 Å². The summed E-state index contributed by atoms with van der Waals surface area (Å²) >= 11 is 0. The van der Waals surface area contributed by atoms with Crippen LogP contribution in [-0.2, 0) is 11.2 Å². The van der Waals surface area contributed by atoms with E-state index in [0.717, 1.165) is 48.2 Å². The highest BCUT2D eigenvalue weighted by atomic mass is 16.3. The molecule has 0 radical (unpaired) electrons. The van der Waals surface area contributed by atoms with Gasteiger partial charge in [-0.05, 0) is 37.0 Å². The van der Waals surface area contributed by atoms with Crippen LogP contribution in [0.15, 0.2) is 48.7 Å². The van der Waals surface area contributed by atoms with Gasteiger partial charge in [0.05, 0.1) is 12.5 Å². The first-order valence-electron chi connectivity index (χ1n) is 10.5. The van der Waals surface area contributed by atoms with Crippen molar-refractivity contribution < 1.29 is 9.90 Å². The first-order chi connectivity index (χ1) is 14.2. The summed E-state index contributed by atoms with van der Waals surface area (Å²) in [5, 5.41) is 9.83. The van der Waals surface area contributed by atoms with E-state index < -0.39 is 5.92 Å². The van der Waals surface area contributed by atoms with Crippen molar-refractivity contribution in [1.82, 2.24) is 19.4 Å². The summed E-state index contributed by atoms with van der Waals surface area (Å²) in [6.07, 6.45) is 5.53. The number of piperidine rings is 1. The summed E-state index contributed by atoms with van der Waals surface area (Å²) < 4.78 is 2.29. The largest absolute Gasteiger partial charge is 0.395 e. The predicted molar refractivity (Wildman–Crippen MR) is 113 cm³/mol. The molecular weight excluding hydrogens is 364 g/mol. The van der Waals surface area contributed by atoms with Crippen LogP contribution in [-0.4, -0.2) is 50.1 Å². The van der Waals surface area contributed by atoms with Crippen molar-refractivity contribution in [3.05, 3.63) is 60.0 Å². The average Bonchev–Trinajstić information content (AvgIpc) is 3.13. The lowest BCUT2D eigenvalue weighted by Gasteiger charge is -2.35. The van der Waals surface area contributed by atoms with Gasteiger partial charge in [-0.3, -0.25) is 4.79 Å².